The van der Waals surface area contributed by atoms with Crippen LogP contribution in [0, 0.1) is 5.92 Å². The van der Waals surface area contributed by atoms with E-state index in [1.165, 1.54) is 5.69 Å². The van der Waals surface area contributed by atoms with E-state index in [1.807, 2.05) is 18.3 Å². The molecule has 1 aromatic heterocycles. The zero-order chi connectivity index (χ0) is 9.80. The van der Waals surface area contributed by atoms with Crippen LogP contribution in [-0.2, 0) is 4.74 Å². The molecule has 14 heavy (non-hydrogen) atoms. The van der Waals surface area contributed by atoms with E-state index in [4.69, 9.17) is 4.74 Å². The zero-order valence-electron chi connectivity index (χ0n) is 8.44. The van der Waals surface area contributed by atoms with Gasteiger partial charge in [0, 0.05) is 43.9 Å². The molecule has 0 bridgehead atoms. The Labute approximate surface area is 84.5 Å². The van der Waals surface area contributed by atoms with E-state index in [0.29, 0.717) is 11.8 Å². The van der Waals surface area contributed by atoms with Crippen LogP contribution in [0.3, 0.4) is 0 Å². The number of aromatic nitrogens is 1. The molecule has 0 aromatic carbocycles. The molecule has 0 radical (unpaired) electrons. The summed E-state index contributed by atoms with van der Waals surface area (Å²) in [5, 5.41) is 3.39. The first-order valence-corrected chi connectivity index (χ1v) is 5.02. The van der Waals surface area contributed by atoms with Crippen molar-refractivity contribution in [1.29, 1.82) is 0 Å². The molecular weight excluding hydrogens is 176 g/mol. The summed E-state index contributed by atoms with van der Waals surface area (Å²) in [5.74, 6) is 1.08. The van der Waals surface area contributed by atoms with Gasteiger partial charge < -0.3 is 10.1 Å². The first-order valence-electron chi connectivity index (χ1n) is 5.02. The molecule has 1 saturated heterocycles. The number of nitrogens with zero attached hydrogens (tertiary/aromatic N) is 1. The normalized spacial score (nSPS) is 26.6. The maximum Gasteiger partial charge on any atom is 0.0509 e. The Morgan fingerprint density at radius 1 is 1.50 bits per heavy atom. The van der Waals surface area contributed by atoms with Crippen molar-refractivity contribution < 1.29 is 4.74 Å². The number of methoxy groups -OCH3 is 1. The fourth-order valence-electron chi connectivity index (χ4n) is 2.06. The second-order valence-electron chi connectivity index (χ2n) is 3.73. The Kier molecular flexibility index (Phi) is 3.11. The Bertz CT molecular complexity index is 276. The van der Waals surface area contributed by atoms with Crippen molar-refractivity contribution >= 4 is 0 Å². The van der Waals surface area contributed by atoms with Crippen molar-refractivity contribution in [2.75, 3.05) is 26.8 Å². The summed E-state index contributed by atoms with van der Waals surface area (Å²) >= 11 is 0. The lowest BCUT2D eigenvalue weighted by molar-refractivity contribution is 0.152. The second kappa shape index (κ2) is 4.53. The lowest BCUT2D eigenvalue weighted by Crippen LogP contribution is -2.17. The third-order valence-corrected chi connectivity index (χ3v) is 2.79. The van der Waals surface area contributed by atoms with E-state index in [1.54, 1.807) is 7.11 Å². The largest absolute Gasteiger partial charge is 0.384 e. The molecule has 1 N–H and O–H groups in total. The first kappa shape index (κ1) is 9.62. The molecule has 76 valence electrons. The predicted molar refractivity (Wildman–Crippen MR) is 55.2 cm³/mol. The number of ether oxygens (including phenoxy) is 1. The van der Waals surface area contributed by atoms with Gasteiger partial charge in [-0.2, -0.15) is 0 Å². The highest BCUT2D eigenvalue weighted by atomic mass is 16.5. The molecule has 1 aliphatic heterocycles. The number of rotatable bonds is 3. The topological polar surface area (TPSA) is 34.1 Å². The molecule has 3 nitrogen and oxygen atoms in total. The second-order valence-corrected chi connectivity index (χ2v) is 3.73. The van der Waals surface area contributed by atoms with Crippen molar-refractivity contribution in [3.8, 4) is 0 Å². The van der Waals surface area contributed by atoms with Gasteiger partial charge in [-0.1, -0.05) is 6.07 Å². The van der Waals surface area contributed by atoms with Crippen LogP contribution in [0.1, 0.15) is 11.6 Å². The van der Waals surface area contributed by atoms with Gasteiger partial charge in [-0.3, -0.25) is 4.98 Å². The monoisotopic (exact) mass is 192 g/mol. The maximum absolute atomic E-state index is 5.21. The number of pyridine rings is 1. The predicted octanol–water partition coefficient (Wildman–Crippen LogP) is 1.03. The number of hydrogen-bond donors (Lipinski definition) is 1. The van der Waals surface area contributed by atoms with Crippen LogP contribution in [0.4, 0.5) is 0 Å². The van der Waals surface area contributed by atoms with Crippen LogP contribution in [0.25, 0.3) is 0 Å². The zero-order valence-corrected chi connectivity index (χ0v) is 8.44. The van der Waals surface area contributed by atoms with Gasteiger partial charge in [-0.25, -0.2) is 0 Å². The standard InChI is InChI=1S/C11H16N2O/c1-14-8-9-6-12-7-10(9)11-4-2-3-5-13-11/h2-5,9-10,12H,6-8H2,1H3/t9-,10-/m0/s1. The average molecular weight is 192 g/mol. The summed E-state index contributed by atoms with van der Waals surface area (Å²) in [6, 6.07) is 6.10. The molecule has 0 amide bonds. The minimum Gasteiger partial charge on any atom is -0.384 e. The van der Waals surface area contributed by atoms with Gasteiger partial charge in [0.05, 0.1) is 6.61 Å². The molecule has 1 aromatic rings. The average Bonchev–Trinajstić information content (AvgIpc) is 2.68. The molecule has 3 heteroatoms. The van der Waals surface area contributed by atoms with Gasteiger partial charge in [0.25, 0.3) is 0 Å². The molecule has 2 atom stereocenters. The summed E-state index contributed by atoms with van der Waals surface area (Å²) in [6.45, 7) is 2.87. The number of hydrogen-bond acceptors (Lipinski definition) is 3. The van der Waals surface area contributed by atoms with Crippen LogP contribution in [-0.4, -0.2) is 31.8 Å². The van der Waals surface area contributed by atoms with E-state index in [9.17, 15) is 0 Å². The Hall–Kier alpha value is -0.930. The highest BCUT2D eigenvalue weighted by molar-refractivity contribution is 5.13. The molecule has 0 spiro atoms. The molecule has 0 unspecified atom stereocenters. The van der Waals surface area contributed by atoms with Crippen molar-refractivity contribution in [1.82, 2.24) is 10.3 Å². The van der Waals surface area contributed by atoms with Crippen LogP contribution < -0.4 is 5.32 Å². The lowest BCUT2D eigenvalue weighted by atomic mass is 9.93. The molecule has 0 saturated carbocycles. The summed E-state index contributed by atoms with van der Waals surface area (Å²) in [5.41, 5.74) is 1.18. The van der Waals surface area contributed by atoms with Gasteiger partial charge in [0.1, 0.15) is 0 Å². The smallest absolute Gasteiger partial charge is 0.0509 e. The highest BCUT2D eigenvalue weighted by Crippen LogP contribution is 2.26. The van der Waals surface area contributed by atoms with Crippen molar-refractivity contribution in [3.05, 3.63) is 30.1 Å². The highest BCUT2D eigenvalue weighted by Gasteiger charge is 2.28. The summed E-state index contributed by atoms with van der Waals surface area (Å²) in [4.78, 5) is 4.40. The SMILES string of the molecule is COC[C@@H]1CNC[C@@H]1c1ccccn1. The maximum atomic E-state index is 5.21. The summed E-state index contributed by atoms with van der Waals surface area (Å²) in [6.07, 6.45) is 1.86. The third kappa shape index (κ3) is 1.94. The fraction of sp³-hybridized carbons (Fsp3) is 0.545. The van der Waals surface area contributed by atoms with Crippen LogP contribution in [0.5, 0.6) is 0 Å². The van der Waals surface area contributed by atoms with Crippen LogP contribution in [0.15, 0.2) is 24.4 Å². The Balaban J connectivity index is 2.10. The fourth-order valence-corrected chi connectivity index (χ4v) is 2.06. The van der Waals surface area contributed by atoms with Gasteiger partial charge in [0.15, 0.2) is 0 Å². The van der Waals surface area contributed by atoms with E-state index in [-0.39, 0.29) is 0 Å². The minimum atomic E-state index is 0.510. The lowest BCUT2D eigenvalue weighted by Gasteiger charge is -2.16. The molecule has 0 aliphatic carbocycles. The molecule has 2 rings (SSSR count). The van der Waals surface area contributed by atoms with Gasteiger partial charge in [-0.15, -0.1) is 0 Å². The van der Waals surface area contributed by atoms with Crippen LogP contribution >= 0.6 is 0 Å². The Morgan fingerprint density at radius 3 is 3.14 bits per heavy atom. The van der Waals surface area contributed by atoms with E-state index in [0.717, 1.165) is 19.7 Å². The van der Waals surface area contributed by atoms with E-state index >= 15 is 0 Å². The van der Waals surface area contributed by atoms with Crippen LogP contribution in [0.2, 0.25) is 0 Å². The Morgan fingerprint density at radius 2 is 2.43 bits per heavy atom. The van der Waals surface area contributed by atoms with Gasteiger partial charge in [0.2, 0.25) is 0 Å². The molecule has 1 aliphatic rings. The van der Waals surface area contributed by atoms with Crippen molar-refractivity contribution in [2.45, 2.75) is 5.92 Å². The van der Waals surface area contributed by atoms with E-state index in [2.05, 4.69) is 16.4 Å². The van der Waals surface area contributed by atoms with Crippen molar-refractivity contribution in [2.24, 2.45) is 5.92 Å². The first-order chi connectivity index (χ1) is 6.92. The minimum absolute atomic E-state index is 0.510. The quantitative estimate of drug-likeness (QED) is 0.776. The molecule has 2 heterocycles. The van der Waals surface area contributed by atoms with Gasteiger partial charge >= 0.3 is 0 Å². The molecule has 1 fully saturated rings. The van der Waals surface area contributed by atoms with Crippen molar-refractivity contribution in [3.63, 3.8) is 0 Å². The third-order valence-electron chi connectivity index (χ3n) is 2.79. The molecular formula is C11H16N2O. The van der Waals surface area contributed by atoms with Gasteiger partial charge in [-0.05, 0) is 12.1 Å². The number of nitrogens with one attached hydrogen (secondary N) is 1. The summed E-state index contributed by atoms with van der Waals surface area (Å²) in [7, 11) is 1.76. The summed E-state index contributed by atoms with van der Waals surface area (Å²) < 4.78 is 5.21. The van der Waals surface area contributed by atoms with E-state index < -0.39 is 0 Å².